The second kappa shape index (κ2) is 8.05. The summed E-state index contributed by atoms with van der Waals surface area (Å²) >= 11 is 12.2. The first-order chi connectivity index (χ1) is 14.3. The Morgan fingerprint density at radius 3 is 2.53 bits per heavy atom. The zero-order valence-corrected chi connectivity index (χ0v) is 19.6. The predicted octanol–water partition coefficient (Wildman–Crippen LogP) is 5.83. The fourth-order valence-electron chi connectivity index (χ4n) is 4.55. The lowest BCUT2D eigenvalue weighted by Crippen LogP contribution is -2.35. The van der Waals surface area contributed by atoms with E-state index < -0.39 is 0 Å². The van der Waals surface area contributed by atoms with Crippen LogP contribution in [0.3, 0.4) is 0 Å². The second-order valence-electron chi connectivity index (χ2n) is 8.17. The lowest BCUT2D eigenvalue weighted by atomic mass is 9.96. The average Bonchev–Trinajstić information content (AvgIpc) is 3.21. The van der Waals surface area contributed by atoms with Crippen LogP contribution in [0.2, 0.25) is 5.02 Å². The molecule has 6 heteroatoms. The topological polar surface area (TPSA) is 33.1 Å². The number of aryl methyl sites for hydroxylation is 1. The molecular weight excluding hydrogens is 412 g/mol. The summed E-state index contributed by atoms with van der Waals surface area (Å²) in [5.74, 6) is 0. The van der Waals surface area contributed by atoms with Crippen LogP contribution in [0.5, 0.6) is 0 Å². The van der Waals surface area contributed by atoms with Gasteiger partial charge in [0.25, 0.3) is 0 Å². The number of rotatable bonds is 4. The van der Waals surface area contributed by atoms with Gasteiger partial charge in [0.1, 0.15) is 0 Å². The van der Waals surface area contributed by atoms with E-state index in [0.29, 0.717) is 0 Å². The van der Waals surface area contributed by atoms with Crippen molar-refractivity contribution in [1.29, 1.82) is 0 Å². The molecule has 4 nitrogen and oxygen atoms in total. The maximum absolute atomic E-state index is 6.43. The first-order valence-electron chi connectivity index (χ1n) is 10.2. The lowest BCUT2D eigenvalue weighted by Gasteiger charge is -2.31. The van der Waals surface area contributed by atoms with Gasteiger partial charge in [-0.25, -0.2) is 0 Å². The number of thiocarbonyl (C=S) groups is 1. The Morgan fingerprint density at radius 1 is 1.10 bits per heavy atom. The molecule has 0 saturated carbocycles. The molecule has 0 unspecified atom stereocenters. The van der Waals surface area contributed by atoms with Gasteiger partial charge in [-0.1, -0.05) is 23.7 Å². The van der Waals surface area contributed by atoms with Crippen molar-refractivity contribution in [2.24, 2.45) is 0 Å². The van der Waals surface area contributed by atoms with Crippen LogP contribution < -0.4 is 5.32 Å². The third kappa shape index (κ3) is 3.40. The number of nitrogens with zero attached hydrogens (tertiary/aromatic N) is 3. The molecule has 1 saturated heterocycles. The van der Waals surface area contributed by atoms with E-state index in [1.807, 2.05) is 30.5 Å². The Hall–Kier alpha value is -2.37. The van der Waals surface area contributed by atoms with Gasteiger partial charge in [-0.05, 0) is 88.3 Å². The van der Waals surface area contributed by atoms with E-state index in [1.165, 1.54) is 17.0 Å². The summed E-state index contributed by atoms with van der Waals surface area (Å²) < 4.78 is 2.30. The SMILES string of the molecule is Cc1c(Cl)cccc1-n1c(C)cc([C@H]2[C@H](c3ccccn3)NC(=S)N2C(C)C)c1C. The smallest absolute Gasteiger partial charge is 0.170 e. The van der Waals surface area contributed by atoms with Gasteiger partial charge >= 0.3 is 0 Å². The van der Waals surface area contributed by atoms with E-state index in [-0.39, 0.29) is 18.1 Å². The number of benzene rings is 1. The van der Waals surface area contributed by atoms with E-state index in [0.717, 1.165) is 27.1 Å². The summed E-state index contributed by atoms with van der Waals surface area (Å²) in [6.07, 6.45) is 1.84. The standard InChI is InChI=1S/C24H27ClN4S/c1-14(2)28-23(22(27-24(28)30)20-10-6-7-12-26-20)18-13-15(3)29(17(18)5)21-11-8-9-19(25)16(21)4/h6-14,22-23H,1-5H3,(H,27,30)/t22-,23-/m0/s1. The normalized spacial score (nSPS) is 18.9. The van der Waals surface area contributed by atoms with Gasteiger partial charge in [0.05, 0.1) is 17.8 Å². The summed E-state index contributed by atoms with van der Waals surface area (Å²) in [5, 5.41) is 5.08. The summed E-state index contributed by atoms with van der Waals surface area (Å²) in [6, 6.07) is 14.7. The number of pyridine rings is 1. The number of halogens is 1. The van der Waals surface area contributed by atoms with Gasteiger partial charge in [-0.3, -0.25) is 4.98 Å². The fourth-order valence-corrected chi connectivity index (χ4v) is 5.17. The summed E-state index contributed by atoms with van der Waals surface area (Å²) in [4.78, 5) is 6.93. The van der Waals surface area contributed by atoms with Crippen molar-refractivity contribution in [3.05, 3.63) is 81.9 Å². The van der Waals surface area contributed by atoms with Crippen molar-refractivity contribution in [2.75, 3.05) is 0 Å². The average molecular weight is 439 g/mol. The highest BCUT2D eigenvalue weighted by atomic mass is 35.5. The highest BCUT2D eigenvalue weighted by molar-refractivity contribution is 7.80. The van der Waals surface area contributed by atoms with Crippen molar-refractivity contribution in [3.8, 4) is 5.69 Å². The first-order valence-corrected chi connectivity index (χ1v) is 11.0. The minimum absolute atomic E-state index is 0.00416. The third-order valence-corrected chi connectivity index (χ3v) is 6.70. The molecule has 4 rings (SSSR count). The molecule has 0 bridgehead atoms. The molecule has 1 aromatic carbocycles. The Kier molecular flexibility index (Phi) is 5.60. The van der Waals surface area contributed by atoms with Crippen molar-refractivity contribution < 1.29 is 0 Å². The van der Waals surface area contributed by atoms with E-state index in [9.17, 15) is 0 Å². The molecule has 2 aromatic heterocycles. The van der Waals surface area contributed by atoms with Crippen LogP contribution >= 0.6 is 23.8 Å². The van der Waals surface area contributed by atoms with Crippen LogP contribution in [0.15, 0.2) is 48.7 Å². The number of hydrogen-bond acceptors (Lipinski definition) is 2. The fraction of sp³-hybridized carbons (Fsp3) is 0.333. The van der Waals surface area contributed by atoms with Gasteiger partial charge in [0.2, 0.25) is 0 Å². The molecule has 3 heterocycles. The lowest BCUT2D eigenvalue weighted by molar-refractivity contribution is 0.269. The molecule has 1 aliphatic heterocycles. The first kappa shape index (κ1) is 20.9. The molecule has 0 spiro atoms. The van der Waals surface area contributed by atoms with Crippen LogP contribution in [0.4, 0.5) is 0 Å². The summed E-state index contributed by atoms with van der Waals surface area (Å²) in [6.45, 7) is 10.8. The van der Waals surface area contributed by atoms with Gasteiger partial charge in [0, 0.05) is 34.3 Å². The molecule has 1 N–H and O–H groups in total. The molecule has 0 radical (unpaired) electrons. The summed E-state index contributed by atoms with van der Waals surface area (Å²) in [7, 11) is 0. The van der Waals surface area contributed by atoms with Crippen LogP contribution in [0.1, 0.15) is 54.1 Å². The van der Waals surface area contributed by atoms with Crippen LogP contribution in [-0.2, 0) is 0 Å². The third-order valence-electron chi connectivity index (χ3n) is 5.96. The quantitative estimate of drug-likeness (QED) is 0.519. The van der Waals surface area contributed by atoms with Crippen molar-refractivity contribution in [1.82, 2.24) is 19.8 Å². The van der Waals surface area contributed by atoms with Crippen LogP contribution in [0.25, 0.3) is 5.69 Å². The molecule has 156 valence electrons. The Labute approximate surface area is 188 Å². The van der Waals surface area contributed by atoms with Crippen LogP contribution in [-0.4, -0.2) is 25.6 Å². The second-order valence-corrected chi connectivity index (χ2v) is 8.97. The summed E-state index contributed by atoms with van der Waals surface area (Å²) in [5.41, 5.74) is 6.81. The van der Waals surface area contributed by atoms with Crippen molar-refractivity contribution in [3.63, 3.8) is 0 Å². The predicted molar refractivity (Wildman–Crippen MR) is 127 cm³/mol. The van der Waals surface area contributed by atoms with Gasteiger partial charge in [-0.15, -0.1) is 0 Å². The minimum atomic E-state index is -0.00416. The molecular formula is C24H27ClN4S. The maximum Gasteiger partial charge on any atom is 0.170 e. The van der Waals surface area contributed by atoms with E-state index in [1.54, 1.807) is 0 Å². The van der Waals surface area contributed by atoms with E-state index in [2.05, 4.69) is 72.6 Å². The highest BCUT2D eigenvalue weighted by Gasteiger charge is 2.42. The molecule has 0 aliphatic carbocycles. The molecule has 1 fully saturated rings. The Bertz CT molecular complexity index is 1090. The van der Waals surface area contributed by atoms with E-state index >= 15 is 0 Å². The molecule has 3 aromatic rings. The number of aromatic nitrogens is 2. The maximum atomic E-state index is 6.43. The van der Waals surface area contributed by atoms with Gasteiger partial charge in [0.15, 0.2) is 5.11 Å². The molecule has 30 heavy (non-hydrogen) atoms. The zero-order valence-electron chi connectivity index (χ0n) is 18.0. The van der Waals surface area contributed by atoms with Crippen molar-refractivity contribution in [2.45, 2.75) is 52.7 Å². The zero-order chi connectivity index (χ0) is 21.6. The Morgan fingerprint density at radius 2 is 1.87 bits per heavy atom. The molecule has 1 aliphatic rings. The largest absolute Gasteiger partial charge is 0.352 e. The van der Waals surface area contributed by atoms with Crippen LogP contribution in [0, 0.1) is 20.8 Å². The van der Waals surface area contributed by atoms with Crippen molar-refractivity contribution >= 4 is 28.9 Å². The Balaban J connectivity index is 1.88. The monoisotopic (exact) mass is 438 g/mol. The number of hydrogen-bond donors (Lipinski definition) is 1. The molecule has 0 amide bonds. The van der Waals surface area contributed by atoms with E-state index in [4.69, 9.17) is 23.8 Å². The minimum Gasteiger partial charge on any atom is -0.352 e. The number of nitrogens with one attached hydrogen (secondary N) is 1. The van der Waals surface area contributed by atoms with Gasteiger partial charge in [-0.2, -0.15) is 0 Å². The highest BCUT2D eigenvalue weighted by Crippen LogP contribution is 2.42. The van der Waals surface area contributed by atoms with Gasteiger partial charge < -0.3 is 14.8 Å². The molecule has 2 atom stereocenters.